The van der Waals surface area contributed by atoms with Gasteiger partial charge in [-0.3, -0.25) is 0 Å². The van der Waals surface area contributed by atoms with E-state index in [9.17, 15) is 0 Å². The van der Waals surface area contributed by atoms with Crippen LogP contribution in [0.4, 0.5) is 0 Å². The summed E-state index contributed by atoms with van der Waals surface area (Å²) < 4.78 is 2.72. The van der Waals surface area contributed by atoms with Crippen LogP contribution in [-0.4, -0.2) is 0 Å². The van der Waals surface area contributed by atoms with Gasteiger partial charge in [-0.15, -0.1) is 23.1 Å². The molecular weight excluding hydrogens is 725 g/mol. The molecule has 0 bridgehead atoms. The largest absolute Gasteiger partial charge is 0.135 e. The van der Waals surface area contributed by atoms with Crippen molar-refractivity contribution in [2.24, 2.45) is 0 Å². The smallest absolute Gasteiger partial charge is 0.0358 e. The van der Waals surface area contributed by atoms with Crippen molar-refractivity contribution in [1.29, 1.82) is 0 Å². The number of fused-ring (bicyclic) bond motifs is 9. The van der Waals surface area contributed by atoms with Crippen LogP contribution in [0.5, 0.6) is 0 Å². The minimum Gasteiger partial charge on any atom is -0.135 e. The van der Waals surface area contributed by atoms with Gasteiger partial charge in [-0.05, 0) is 121 Å². The van der Waals surface area contributed by atoms with Crippen LogP contribution in [-0.2, 0) is 17.6 Å². The molecule has 1 atom stereocenters. The third-order valence-electron chi connectivity index (χ3n) is 12.7. The zero-order chi connectivity index (χ0) is 38.1. The summed E-state index contributed by atoms with van der Waals surface area (Å²) in [6, 6.07) is 66.6. The van der Waals surface area contributed by atoms with Crippen LogP contribution >= 0.6 is 23.1 Å². The van der Waals surface area contributed by atoms with Crippen LogP contribution in [0.25, 0.3) is 64.7 Å². The zero-order valence-electron chi connectivity index (χ0n) is 32.3. The topological polar surface area (TPSA) is 0 Å². The first-order valence-electron chi connectivity index (χ1n) is 20.2. The van der Waals surface area contributed by atoms with Crippen LogP contribution in [0.2, 0.25) is 0 Å². The van der Waals surface area contributed by atoms with Crippen molar-refractivity contribution in [2.75, 3.05) is 0 Å². The van der Waals surface area contributed by atoms with Crippen LogP contribution < -0.4 is 0 Å². The van der Waals surface area contributed by atoms with E-state index in [4.69, 9.17) is 0 Å². The standard InChI is InChI=1S/C55H42S2/c1-55(2)50-17-9-6-14-43(50)44-29-27-39(31-51(44)55)42(37-22-20-36(21-23-37)35-12-4-3-5-13-35)28-26-40-32-54-49(46-16-8-11-19-53(46)57-54)33-47(40)38-24-25-41-34-56-52-18-10-7-15-45(52)48(41)30-38/h3-25,27,29-33,42H,26,28,34H2,1-2H3. The Kier molecular flexibility index (Phi) is 8.35. The lowest BCUT2D eigenvalue weighted by atomic mass is 9.79. The molecule has 1 aliphatic heterocycles. The molecule has 2 aliphatic rings. The summed E-state index contributed by atoms with van der Waals surface area (Å²) >= 11 is 3.88. The van der Waals surface area contributed by atoms with Crippen LogP contribution in [0.15, 0.2) is 181 Å². The number of thiophene rings is 1. The minimum absolute atomic E-state index is 0.0490. The lowest BCUT2D eigenvalue weighted by Gasteiger charge is -2.25. The molecular formula is C55H42S2. The van der Waals surface area contributed by atoms with Crippen molar-refractivity contribution < 1.29 is 0 Å². The van der Waals surface area contributed by atoms with Crippen LogP contribution in [0.3, 0.4) is 0 Å². The van der Waals surface area contributed by atoms with Gasteiger partial charge in [-0.25, -0.2) is 0 Å². The summed E-state index contributed by atoms with van der Waals surface area (Å²) in [6.45, 7) is 4.79. The molecule has 0 N–H and O–H groups in total. The van der Waals surface area contributed by atoms with Crippen molar-refractivity contribution in [3.8, 4) is 44.5 Å². The van der Waals surface area contributed by atoms with Crippen molar-refractivity contribution in [2.45, 2.75) is 48.7 Å². The molecule has 1 aromatic heterocycles. The maximum absolute atomic E-state index is 2.54. The van der Waals surface area contributed by atoms with Gasteiger partial charge in [-0.2, -0.15) is 0 Å². The van der Waals surface area contributed by atoms with E-state index in [1.165, 1.54) is 103 Å². The molecule has 2 heteroatoms. The second kappa shape index (κ2) is 13.8. The summed E-state index contributed by atoms with van der Waals surface area (Å²) in [4.78, 5) is 1.38. The second-order valence-corrected chi connectivity index (χ2v) is 18.4. The number of aryl methyl sites for hydroxylation is 1. The normalized spacial score (nSPS) is 14.2. The third-order valence-corrected chi connectivity index (χ3v) is 15.0. The Morgan fingerprint density at radius 1 is 0.491 bits per heavy atom. The summed E-state index contributed by atoms with van der Waals surface area (Å²) in [5.41, 5.74) is 19.1. The molecule has 11 rings (SSSR count). The van der Waals surface area contributed by atoms with E-state index in [0.717, 1.165) is 18.6 Å². The Hall–Kier alpha value is -5.67. The molecule has 9 aromatic rings. The van der Waals surface area contributed by atoms with Gasteiger partial charge in [0.1, 0.15) is 0 Å². The molecule has 274 valence electrons. The van der Waals surface area contributed by atoms with Gasteiger partial charge in [0.15, 0.2) is 0 Å². The summed E-state index contributed by atoms with van der Waals surface area (Å²) in [6.07, 6.45) is 1.97. The van der Waals surface area contributed by atoms with E-state index < -0.39 is 0 Å². The highest BCUT2D eigenvalue weighted by atomic mass is 32.2. The van der Waals surface area contributed by atoms with Gasteiger partial charge in [0.25, 0.3) is 0 Å². The van der Waals surface area contributed by atoms with Crippen molar-refractivity contribution in [1.82, 2.24) is 0 Å². The molecule has 0 amide bonds. The lowest BCUT2D eigenvalue weighted by Crippen LogP contribution is -2.15. The van der Waals surface area contributed by atoms with Gasteiger partial charge < -0.3 is 0 Å². The SMILES string of the molecule is CC1(C)c2ccccc2-c2ccc(C(CCc3cc4sc5ccccc5c4cc3-c3ccc4c(c3)-c3ccccc3SC4)c3ccc(-c4ccccc4)cc3)cc21. The molecule has 0 saturated heterocycles. The Balaban J connectivity index is 1.04. The average molecular weight is 767 g/mol. The van der Waals surface area contributed by atoms with Gasteiger partial charge in [-0.1, -0.05) is 159 Å². The Bertz CT molecular complexity index is 2980. The molecule has 8 aromatic carbocycles. The molecule has 0 fully saturated rings. The van der Waals surface area contributed by atoms with E-state index in [-0.39, 0.29) is 11.3 Å². The second-order valence-electron chi connectivity index (χ2n) is 16.3. The number of hydrogen-bond acceptors (Lipinski definition) is 2. The van der Waals surface area contributed by atoms with Crippen molar-refractivity contribution in [3.05, 3.63) is 209 Å². The van der Waals surface area contributed by atoms with E-state index in [1.807, 2.05) is 23.1 Å². The molecule has 1 unspecified atom stereocenters. The Labute approximate surface area is 343 Å². The quantitative estimate of drug-likeness (QED) is 0.156. The van der Waals surface area contributed by atoms with Crippen molar-refractivity contribution in [3.63, 3.8) is 0 Å². The summed E-state index contributed by atoms with van der Waals surface area (Å²) in [7, 11) is 0. The first-order chi connectivity index (χ1) is 28.0. The van der Waals surface area contributed by atoms with E-state index in [0.29, 0.717) is 0 Å². The molecule has 2 heterocycles. The van der Waals surface area contributed by atoms with E-state index in [1.54, 1.807) is 0 Å². The molecule has 57 heavy (non-hydrogen) atoms. The van der Waals surface area contributed by atoms with Gasteiger partial charge in [0.05, 0.1) is 0 Å². The first-order valence-corrected chi connectivity index (χ1v) is 22.0. The highest BCUT2D eigenvalue weighted by Gasteiger charge is 2.35. The lowest BCUT2D eigenvalue weighted by molar-refractivity contribution is 0.654. The molecule has 0 radical (unpaired) electrons. The fourth-order valence-electron chi connectivity index (χ4n) is 9.68. The van der Waals surface area contributed by atoms with Crippen LogP contribution in [0, 0.1) is 0 Å². The molecule has 1 aliphatic carbocycles. The molecule has 0 nitrogen and oxygen atoms in total. The predicted molar refractivity (Wildman–Crippen MR) is 246 cm³/mol. The van der Waals surface area contributed by atoms with Gasteiger partial charge in [0, 0.05) is 42.2 Å². The molecule has 0 saturated carbocycles. The average Bonchev–Trinajstić information content (AvgIpc) is 3.74. The zero-order valence-corrected chi connectivity index (χ0v) is 33.9. The van der Waals surface area contributed by atoms with E-state index in [2.05, 4.69) is 190 Å². The van der Waals surface area contributed by atoms with Crippen molar-refractivity contribution >= 4 is 43.3 Å². The Morgan fingerprint density at radius 2 is 1.19 bits per heavy atom. The first kappa shape index (κ1) is 34.6. The van der Waals surface area contributed by atoms with Crippen LogP contribution in [0.1, 0.15) is 59.6 Å². The minimum atomic E-state index is -0.0490. The number of benzene rings is 8. The number of hydrogen-bond donors (Lipinski definition) is 0. The van der Waals surface area contributed by atoms with Gasteiger partial charge in [0.2, 0.25) is 0 Å². The highest BCUT2D eigenvalue weighted by molar-refractivity contribution is 7.98. The fraction of sp³-hybridized carbons (Fsp3) is 0.127. The third kappa shape index (κ3) is 5.89. The maximum atomic E-state index is 2.54. The van der Waals surface area contributed by atoms with Gasteiger partial charge >= 0.3 is 0 Å². The Morgan fingerprint density at radius 3 is 2.07 bits per heavy atom. The fourth-order valence-corrected chi connectivity index (χ4v) is 11.9. The monoisotopic (exact) mass is 766 g/mol. The summed E-state index contributed by atoms with van der Waals surface area (Å²) in [5.74, 6) is 1.25. The number of thioether (sulfide) groups is 1. The number of rotatable bonds is 7. The summed E-state index contributed by atoms with van der Waals surface area (Å²) in [5, 5.41) is 2.71. The maximum Gasteiger partial charge on any atom is 0.0358 e. The predicted octanol–water partition coefficient (Wildman–Crippen LogP) is 15.7. The highest BCUT2D eigenvalue weighted by Crippen LogP contribution is 2.50. The van der Waals surface area contributed by atoms with E-state index >= 15 is 0 Å². The molecule has 0 spiro atoms.